The lowest BCUT2D eigenvalue weighted by molar-refractivity contribution is 0.158. The minimum Gasteiger partial charge on any atom is -0.378 e. The molecule has 5 rings (SSSR count). The molecule has 0 radical (unpaired) electrons. The number of halogens is 1. The van der Waals surface area contributed by atoms with Gasteiger partial charge >= 0.3 is 0 Å². The van der Waals surface area contributed by atoms with Gasteiger partial charge in [-0.15, -0.1) is 0 Å². The van der Waals surface area contributed by atoms with Gasteiger partial charge in [-0.2, -0.15) is 4.31 Å². The van der Waals surface area contributed by atoms with Crippen LogP contribution >= 0.6 is 23.7 Å². The van der Waals surface area contributed by atoms with Crippen LogP contribution < -0.4 is 4.90 Å². The molecule has 0 bridgehead atoms. The first-order chi connectivity index (χ1) is 21.6. The molecule has 1 aliphatic carbocycles. The van der Waals surface area contributed by atoms with Gasteiger partial charge in [0.25, 0.3) is 0 Å². The molecule has 2 aliphatic heterocycles. The maximum atomic E-state index is 14.2. The molecule has 7 nitrogen and oxygen atoms in total. The second kappa shape index (κ2) is 16.2. The van der Waals surface area contributed by atoms with Gasteiger partial charge in [0.2, 0.25) is 10.0 Å². The van der Waals surface area contributed by atoms with Gasteiger partial charge in [0.15, 0.2) is 0 Å². The van der Waals surface area contributed by atoms with E-state index in [4.69, 9.17) is 11.6 Å². The summed E-state index contributed by atoms with van der Waals surface area (Å²) in [5.74, 6) is 1.21. The summed E-state index contributed by atoms with van der Waals surface area (Å²) in [6.45, 7) is 12.4. The van der Waals surface area contributed by atoms with E-state index >= 15 is 0 Å². The zero-order valence-electron chi connectivity index (χ0n) is 27.8. The molecule has 2 fully saturated rings. The van der Waals surface area contributed by atoms with Crippen molar-refractivity contribution in [2.24, 2.45) is 17.8 Å². The number of benzene rings is 2. The predicted molar refractivity (Wildman–Crippen MR) is 190 cm³/mol. The van der Waals surface area contributed by atoms with Crippen molar-refractivity contribution in [3.05, 3.63) is 58.6 Å². The minimum absolute atomic E-state index is 0.189. The molecule has 1 saturated carbocycles. The predicted octanol–water partition coefficient (Wildman–Crippen LogP) is 6.88. The molecule has 1 saturated heterocycles. The molecule has 0 aromatic heterocycles. The summed E-state index contributed by atoms with van der Waals surface area (Å²) in [7, 11) is 0.317. The molecule has 2 aromatic rings. The quantitative estimate of drug-likeness (QED) is 0.297. The first-order valence-corrected chi connectivity index (χ1v) is 19.6. The fourth-order valence-corrected chi connectivity index (χ4v) is 10.4. The number of hydrogen-bond acceptors (Lipinski definition) is 7. The lowest BCUT2D eigenvalue weighted by Crippen LogP contribution is -2.45. The summed E-state index contributed by atoms with van der Waals surface area (Å²) in [6.07, 6.45) is 8.84. The standard InChI is InChI=1S/C35H54ClN5O2S2/c1-28-22-38(26-30-9-6-5-7-10-30)18-8-19-39(44-40-20-17-31-21-33(36)12-11-32(31)27-40)23-29(2)25-41(24-28)45(42,43)35-15-13-34(14-16-35)37(3)4/h11-16,21,28-30H,5-10,17-20,22-27H2,1-4H3. The van der Waals surface area contributed by atoms with Gasteiger partial charge in [-0.3, -0.25) is 0 Å². The van der Waals surface area contributed by atoms with Crippen LogP contribution in [0.5, 0.6) is 0 Å². The van der Waals surface area contributed by atoms with E-state index in [2.05, 4.69) is 39.5 Å². The van der Waals surface area contributed by atoms with Crippen LogP contribution in [0.2, 0.25) is 5.02 Å². The molecule has 0 spiro atoms. The lowest BCUT2D eigenvalue weighted by atomic mass is 9.88. The van der Waals surface area contributed by atoms with Crippen molar-refractivity contribution in [3.63, 3.8) is 0 Å². The third-order valence-corrected chi connectivity index (χ3v) is 12.8. The average molecular weight is 676 g/mol. The Morgan fingerprint density at radius 1 is 0.822 bits per heavy atom. The highest BCUT2D eigenvalue weighted by Crippen LogP contribution is 2.30. The highest BCUT2D eigenvalue weighted by molar-refractivity contribution is 7.94. The number of sulfonamides is 1. The summed E-state index contributed by atoms with van der Waals surface area (Å²) in [5.41, 5.74) is 3.71. The highest BCUT2D eigenvalue weighted by Gasteiger charge is 2.31. The molecular weight excluding hydrogens is 622 g/mol. The van der Waals surface area contributed by atoms with Crippen LogP contribution in [0.4, 0.5) is 5.69 Å². The number of anilines is 1. The zero-order valence-corrected chi connectivity index (χ0v) is 30.2. The van der Waals surface area contributed by atoms with Gasteiger partial charge < -0.3 is 9.80 Å². The normalized spacial score (nSPS) is 24.5. The molecule has 10 heteroatoms. The smallest absolute Gasteiger partial charge is 0.243 e. The van der Waals surface area contributed by atoms with Crippen LogP contribution in [0.1, 0.15) is 63.5 Å². The van der Waals surface area contributed by atoms with E-state index in [1.807, 2.05) is 49.3 Å². The Morgan fingerprint density at radius 3 is 2.24 bits per heavy atom. The molecule has 0 N–H and O–H groups in total. The molecule has 0 amide bonds. The van der Waals surface area contributed by atoms with Crippen molar-refractivity contribution in [1.29, 1.82) is 0 Å². The molecule has 45 heavy (non-hydrogen) atoms. The topological polar surface area (TPSA) is 50.3 Å². The number of fused-ring (bicyclic) bond motifs is 1. The van der Waals surface area contributed by atoms with E-state index in [0.717, 1.165) is 75.3 Å². The molecule has 250 valence electrons. The van der Waals surface area contributed by atoms with Crippen LogP contribution in [0.3, 0.4) is 0 Å². The van der Waals surface area contributed by atoms with E-state index in [1.54, 1.807) is 16.4 Å². The molecule has 2 atom stereocenters. The van der Waals surface area contributed by atoms with Crippen molar-refractivity contribution in [3.8, 4) is 0 Å². The van der Waals surface area contributed by atoms with Crippen molar-refractivity contribution in [2.45, 2.75) is 70.2 Å². The molecule has 2 unspecified atom stereocenters. The zero-order chi connectivity index (χ0) is 32.0. The monoisotopic (exact) mass is 675 g/mol. The first-order valence-electron chi connectivity index (χ1n) is 17.0. The molecule has 2 aromatic carbocycles. The third kappa shape index (κ3) is 9.84. The SMILES string of the molecule is CC1CN(CC2CCCCC2)CCCN(SN2CCc3cc(Cl)ccc3C2)CC(C)CN(S(=O)(=O)c2ccc(N(C)C)cc2)C1. The van der Waals surface area contributed by atoms with Crippen molar-refractivity contribution in [1.82, 2.24) is 17.8 Å². The van der Waals surface area contributed by atoms with Crippen molar-refractivity contribution >= 4 is 39.4 Å². The van der Waals surface area contributed by atoms with Gasteiger partial charge in [0, 0.05) is 89.3 Å². The van der Waals surface area contributed by atoms with Crippen LogP contribution in [0, 0.1) is 17.8 Å². The van der Waals surface area contributed by atoms with Crippen molar-refractivity contribution in [2.75, 3.05) is 71.4 Å². The van der Waals surface area contributed by atoms with Gasteiger partial charge in [-0.25, -0.2) is 17.0 Å². The van der Waals surface area contributed by atoms with E-state index in [9.17, 15) is 8.42 Å². The van der Waals surface area contributed by atoms with Gasteiger partial charge in [-0.1, -0.05) is 50.8 Å². The Hall–Kier alpha value is -1.33. The van der Waals surface area contributed by atoms with E-state index in [1.165, 1.54) is 43.2 Å². The Labute approximate surface area is 282 Å². The number of nitrogens with zero attached hydrogens (tertiary/aromatic N) is 5. The van der Waals surface area contributed by atoms with E-state index < -0.39 is 10.0 Å². The summed E-state index contributed by atoms with van der Waals surface area (Å²) >= 11 is 8.13. The number of rotatable bonds is 7. The Morgan fingerprint density at radius 2 is 1.53 bits per heavy atom. The maximum absolute atomic E-state index is 14.2. The summed E-state index contributed by atoms with van der Waals surface area (Å²) in [5, 5.41) is 0.812. The maximum Gasteiger partial charge on any atom is 0.243 e. The largest absolute Gasteiger partial charge is 0.378 e. The molecule has 2 heterocycles. The lowest BCUT2D eigenvalue weighted by Gasteiger charge is -2.37. The molecular formula is C35H54ClN5O2S2. The second-order valence-electron chi connectivity index (χ2n) is 14.0. The fourth-order valence-electron chi connectivity index (χ4n) is 7.29. The van der Waals surface area contributed by atoms with Gasteiger partial charge in [0.05, 0.1) is 4.90 Å². The summed E-state index contributed by atoms with van der Waals surface area (Å²) in [4.78, 5) is 5.04. The fraction of sp³-hybridized carbons (Fsp3) is 0.657. The second-order valence-corrected chi connectivity index (χ2v) is 17.6. The molecule has 3 aliphatic rings. The summed E-state index contributed by atoms with van der Waals surface area (Å²) in [6, 6.07) is 13.6. The van der Waals surface area contributed by atoms with E-state index in [-0.39, 0.29) is 11.8 Å². The minimum atomic E-state index is -3.64. The highest BCUT2D eigenvalue weighted by atomic mass is 35.5. The Bertz CT molecular complexity index is 1340. The average Bonchev–Trinajstić information content (AvgIpc) is 3.00. The van der Waals surface area contributed by atoms with Gasteiger partial charge in [0.1, 0.15) is 0 Å². The summed E-state index contributed by atoms with van der Waals surface area (Å²) < 4.78 is 35.1. The van der Waals surface area contributed by atoms with Crippen LogP contribution in [0.15, 0.2) is 47.4 Å². The van der Waals surface area contributed by atoms with Gasteiger partial charge in [-0.05, 0) is 97.5 Å². The first kappa shape index (κ1) is 35.0. The Balaban J connectivity index is 1.34. The van der Waals surface area contributed by atoms with Crippen LogP contribution in [-0.2, 0) is 23.0 Å². The van der Waals surface area contributed by atoms with Crippen LogP contribution in [-0.4, -0.2) is 92.7 Å². The van der Waals surface area contributed by atoms with Crippen molar-refractivity contribution < 1.29 is 8.42 Å². The Kier molecular flexibility index (Phi) is 12.6. The van der Waals surface area contributed by atoms with Crippen LogP contribution in [0.25, 0.3) is 0 Å². The number of hydrogen-bond donors (Lipinski definition) is 0. The third-order valence-electron chi connectivity index (χ3n) is 9.61. The van der Waals surface area contributed by atoms with E-state index in [0.29, 0.717) is 18.0 Å².